The van der Waals surface area contributed by atoms with Crippen LogP contribution >= 0.6 is 23.2 Å². The fraction of sp³-hybridized carbons (Fsp3) is 0.615. The molecule has 4 aliphatic rings. The molecule has 1 saturated carbocycles. The van der Waals surface area contributed by atoms with Crippen molar-refractivity contribution in [3.05, 3.63) is 41.6 Å². The van der Waals surface area contributed by atoms with Gasteiger partial charge in [0.1, 0.15) is 46.0 Å². The summed E-state index contributed by atoms with van der Waals surface area (Å²) in [6.45, 7) is 6.47. The Morgan fingerprint density at radius 3 is 2.57 bits per heavy atom. The Hall–Kier alpha value is -3.98. The van der Waals surface area contributed by atoms with Crippen LogP contribution in [0.3, 0.4) is 0 Å². The first-order valence-corrected chi connectivity index (χ1v) is 19.7. The van der Waals surface area contributed by atoms with Crippen molar-refractivity contribution in [1.82, 2.24) is 20.5 Å². The molecular weight excluding hydrogens is 780 g/mol. The number of hydrogen-bond acceptors (Lipinski definition) is 9. The normalized spacial score (nSPS) is 29.4. The number of carbonyl (C=O) groups excluding carboxylic acids is 4. The minimum Gasteiger partial charge on any atom is -0.497 e. The van der Waals surface area contributed by atoms with Crippen LogP contribution < -0.4 is 20.1 Å². The predicted octanol–water partition coefficient (Wildman–Crippen LogP) is 7.34. The Balaban J connectivity index is 1.44. The second-order valence-electron chi connectivity index (χ2n) is 15.9. The maximum atomic E-state index is 14.7. The topological polar surface area (TPSA) is 145 Å². The van der Waals surface area contributed by atoms with Crippen LogP contribution in [0.2, 0.25) is 0 Å². The van der Waals surface area contributed by atoms with E-state index in [-0.39, 0.29) is 61.6 Å². The van der Waals surface area contributed by atoms with Crippen LogP contribution in [0.4, 0.5) is 18.0 Å². The van der Waals surface area contributed by atoms with E-state index in [0.717, 1.165) is 6.42 Å². The highest BCUT2D eigenvalue weighted by atomic mass is 35.5. The summed E-state index contributed by atoms with van der Waals surface area (Å²) in [5.74, 6) is -2.21. The summed E-state index contributed by atoms with van der Waals surface area (Å²) >= 11 is 13.2. The summed E-state index contributed by atoms with van der Waals surface area (Å²) in [6.07, 6.45) is 1.02. The molecule has 1 aromatic carbocycles. The Morgan fingerprint density at radius 1 is 1.14 bits per heavy atom. The highest BCUT2D eigenvalue weighted by Crippen LogP contribution is 2.55. The smallest absolute Gasteiger partial charge is 0.410 e. The van der Waals surface area contributed by atoms with Crippen molar-refractivity contribution < 1.29 is 51.3 Å². The molecule has 56 heavy (non-hydrogen) atoms. The van der Waals surface area contributed by atoms with Gasteiger partial charge in [0.2, 0.25) is 11.8 Å². The highest BCUT2D eigenvalue weighted by Gasteiger charge is 2.63. The summed E-state index contributed by atoms with van der Waals surface area (Å²) in [5, 5.41) is 2.37. The minimum atomic E-state index is -4.93. The molecule has 0 bridgehead atoms. The first kappa shape index (κ1) is 41.6. The second kappa shape index (κ2) is 15.8. The molecule has 2 fully saturated rings. The number of ether oxygens (including phenoxy) is 4. The molecule has 7 atom stereocenters. The Labute approximate surface area is 333 Å². The summed E-state index contributed by atoms with van der Waals surface area (Å²) in [4.78, 5) is 61.3. The van der Waals surface area contributed by atoms with Gasteiger partial charge in [0.15, 0.2) is 5.38 Å². The maximum absolute atomic E-state index is 14.7. The monoisotopic (exact) mass is 826 g/mol. The van der Waals surface area contributed by atoms with E-state index in [1.807, 2.05) is 12.2 Å². The third-order valence-electron chi connectivity index (χ3n) is 10.6. The lowest BCUT2D eigenvalue weighted by Crippen LogP contribution is -2.57. The lowest BCUT2D eigenvalue weighted by molar-refractivity contribution is -0.150. The molecule has 306 valence electrons. The SMILES string of the molecule is CCOC(=O)[C@@]12C[C@H]1/C=C\CCCCC[C@H](NC(=O)OC(C)(C)C)C(=O)N1C[C@@]3(CC(Cl)c4c(c(C(Cl)C(F)(F)F)nc5ccc(OC)cc45)O3)C[C@H]1C(=O)N2. The number of nitrogens with one attached hydrogen (secondary N) is 2. The number of aromatic nitrogens is 1. The van der Waals surface area contributed by atoms with Gasteiger partial charge in [-0.2, -0.15) is 13.2 Å². The fourth-order valence-corrected chi connectivity index (χ4v) is 8.58. The fourth-order valence-electron chi connectivity index (χ4n) is 7.93. The lowest BCUT2D eigenvalue weighted by Gasteiger charge is -2.39. The van der Waals surface area contributed by atoms with Crippen LogP contribution in [0.15, 0.2) is 30.4 Å². The number of pyridine rings is 1. The number of nitrogens with zero attached hydrogens (tertiary/aromatic N) is 2. The zero-order chi connectivity index (χ0) is 40.8. The number of hydrogen-bond donors (Lipinski definition) is 2. The third kappa shape index (κ3) is 8.48. The van der Waals surface area contributed by atoms with E-state index in [4.69, 9.17) is 42.1 Å². The van der Waals surface area contributed by atoms with Gasteiger partial charge in [-0.25, -0.2) is 14.6 Å². The molecule has 2 unspecified atom stereocenters. The molecule has 6 rings (SSSR count). The van der Waals surface area contributed by atoms with Gasteiger partial charge in [-0.3, -0.25) is 9.59 Å². The standard InChI is InChI=1S/C39H47Cl2F3N4O8/c1-6-54-34(51)38-17-21(38)12-10-8-7-9-11-13-26(46-35(52)56-36(2,3)4)33(50)48-20-37(19-27(48)32(49)47-38)18-24(40)28-23-16-22(53-5)14-15-25(23)45-29(30(28)55-37)31(41)39(42,43)44/h10,12,14-16,21,24,26-27,31H,6-9,11,13,17-20H2,1-5H3,(H,46,52)(H,47,49)/b12-10-/t21-,24?,26+,27+,31?,37-,38-/m1/s1. The molecule has 1 aromatic heterocycles. The molecule has 3 aliphatic heterocycles. The number of rotatable bonds is 5. The van der Waals surface area contributed by atoms with Crippen molar-refractivity contribution in [2.75, 3.05) is 20.3 Å². The van der Waals surface area contributed by atoms with Crippen molar-refractivity contribution in [2.24, 2.45) is 5.92 Å². The maximum Gasteiger partial charge on any atom is 0.410 e. The van der Waals surface area contributed by atoms with E-state index in [1.165, 1.54) is 18.1 Å². The van der Waals surface area contributed by atoms with Crippen LogP contribution in [0, 0.1) is 5.92 Å². The number of alkyl carbamates (subject to hydrolysis) is 1. The van der Waals surface area contributed by atoms with Crippen molar-refractivity contribution >= 4 is 58.0 Å². The van der Waals surface area contributed by atoms with Crippen molar-refractivity contribution in [1.29, 1.82) is 0 Å². The van der Waals surface area contributed by atoms with Gasteiger partial charge < -0.3 is 34.5 Å². The Kier molecular flexibility index (Phi) is 11.7. The zero-order valence-corrected chi connectivity index (χ0v) is 33.4. The molecule has 3 amide bonds. The average Bonchev–Trinajstić information content (AvgIpc) is 3.69. The van der Waals surface area contributed by atoms with Crippen LogP contribution in [-0.4, -0.2) is 89.0 Å². The molecule has 1 saturated heterocycles. The molecule has 1 aliphatic carbocycles. The van der Waals surface area contributed by atoms with Crippen LogP contribution in [-0.2, 0) is 23.9 Å². The largest absolute Gasteiger partial charge is 0.497 e. The number of esters is 1. The number of halogens is 5. The van der Waals surface area contributed by atoms with Crippen molar-refractivity contribution in [3.8, 4) is 11.5 Å². The van der Waals surface area contributed by atoms with Gasteiger partial charge in [0.05, 0.1) is 31.2 Å². The van der Waals surface area contributed by atoms with Gasteiger partial charge in [-0.15, -0.1) is 23.2 Å². The molecule has 4 heterocycles. The lowest BCUT2D eigenvalue weighted by atomic mass is 9.86. The second-order valence-corrected chi connectivity index (χ2v) is 16.9. The van der Waals surface area contributed by atoms with E-state index >= 15 is 0 Å². The van der Waals surface area contributed by atoms with Crippen LogP contribution in [0.1, 0.15) is 101 Å². The molecule has 0 radical (unpaired) electrons. The predicted molar refractivity (Wildman–Crippen MR) is 201 cm³/mol. The van der Waals surface area contributed by atoms with E-state index in [9.17, 15) is 32.3 Å². The van der Waals surface area contributed by atoms with Gasteiger partial charge in [-0.1, -0.05) is 25.0 Å². The van der Waals surface area contributed by atoms with E-state index in [0.29, 0.717) is 30.4 Å². The summed E-state index contributed by atoms with van der Waals surface area (Å²) in [7, 11) is 1.44. The van der Waals surface area contributed by atoms with Gasteiger partial charge in [0, 0.05) is 29.7 Å². The Bertz CT molecular complexity index is 1910. The number of amides is 3. The number of carbonyl (C=O) groups is 4. The minimum absolute atomic E-state index is 0.0393. The van der Waals surface area contributed by atoms with Crippen molar-refractivity contribution in [2.45, 2.75) is 125 Å². The highest BCUT2D eigenvalue weighted by molar-refractivity contribution is 6.23. The quantitative estimate of drug-likeness (QED) is 0.180. The summed E-state index contributed by atoms with van der Waals surface area (Å²) < 4.78 is 65.8. The number of fused-ring (bicyclic) bond motifs is 5. The van der Waals surface area contributed by atoms with E-state index in [2.05, 4.69) is 15.6 Å². The first-order valence-electron chi connectivity index (χ1n) is 18.8. The first-order chi connectivity index (χ1) is 26.3. The molecule has 2 N–H and O–H groups in total. The molecule has 17 heteroatoms. The number of allylic oxidation sites excluding steroid dienone is 1. The summed E-state index contributed by atoms with van der Waals surface area (Å²) in [5.41, 5.74) is -4.01. The number of benzene rings is 1. The zero-order valence-electron chi connectivity index (χ0n) is 31.9. The van der Waals surface area contributed by atoms with Crippen molar-refractivity contribution in [3.63, 3.8) is 0 Å². The number of alkyl halides is 5. The van der Waals surface area contributed by atoms with E-state index < -0.39 is 75.3 Å². The third-order valence-corrected chi connectivity index (χ3v) is 11.5. The van der Waals surface area contributed by atoms with Gasteiger partial charge in [0.25, 0.3) is 0 Å². The Morgan fingerprint density at radius 2 is 1.89 bits per heavy atom. The molecule has 12 nitrogen and oxygen atoms in total. The van der Waals surface area contributed by atoms with Crippen LogP contribution in [0.25, 0.3) is 10.9 Å². The molecular formula is C39H47Cl2F3N4O8. The molecule has 1 spiro atoms. The number of methoxy groups -OCH3 is 1. The van der Waals surface area contributed by atoms with Gasteiger partial charge >= 0.3 is 18.2 Å². The van der Waals surface area contributed by atoms with Crippen LogP contribution in [0.5, 0.6) is 11.5 Å². The van der Waals surface area contributed by atoms with Gasteiger partial charge in [-0.05, 0) is 71.6 Å². The van der Waals surface area contributed by atoms with E-state index in [1.54, 1.807) is 39.8 Å². The average molecular weight is 828 g/mol. The summed E-state index contributed by atoms with van der Waals surface area (Å²) in [6, 6.07) is 2.20. The molecule has 2 aromatic rings.